The van der Waals surface area contributed by atoms with Gasteiger partial charge in [0.1, 0.15) is 5.69 Å². The molecule has 1 amide bonds. The van der Waals surface area contributed by atoms with Crippen LogP contribution in [0.25, 0.3) is 0 Å². The van der Waals surface area contributed by atoms with Gasteiger partial charge in [0.15, 0.2) is 9.84 Å². The first-order chi connectivity index (χ1) is 12.4. The number of anilines is 2. The lowest BCUT2D eigenvalue weighted by Crippen LogP contribution is -2.21. The number of aryl methyl sites for hydroxylation is 2. The maximum absolute atomic E-state index is 12.6. The quantitative estimate of drug-likeness (QED) is 0.841. The van der Waals surface area contributed by atoms with E-state index in [9.17, 15) is 13.2 Å². The van der Waals surface area contributed by atoms with Gasteiger partial charge in [-0.2, -0.15) is 0 Å². The molecular weight excluding hydrogens is 350 g/mol. The molecule has 1 unspecified atom stereocenters. The zero-order valence-corrected chi connectivity index (χ0v) is 15.8. The molecule has 6 nitrogen and oxygen atoms in total. The van der Waals surface area contributed by atoms with E-state index in [1.54, 1.807) is 18.3 Å². The molecule has 0 saturated carbocycles. The monoisotopic (exact) mass is 373 g/mol. The molecule has 0 radical (unpaired) electrons. The van der Waals surface area contributed by atoms with Crippen LogP contribution in [0, 0.1) is 6.92 Å². The van der Waals surface area contributed by atoms with Crippen LogP contribution < -0.4 is 10.6 Å². The summed E-state index contributed by atoms with van der Waals surface area (Å²) in [5.74, 6) is 0.0486. The second kappa shape index (κ2) is 7.45. The molecule has 138 valence electrons. The van der Waals surface area contributed by atoms with E-state index in [-0.39, 0.29) is 23.5 Å². The molecule has 1 atom stereocenters. The number of nitrogens with zero attached hydrogens (tertiary/aromatic N) is 1. The predicted molar refractivity (Wildman–Crippen MR) is 103 cm³/mol. The van der Waals surface area contributed by atoms with Gasteiger partial charge in [-0.05, 0) is 43.0 Å². The van der Waals surface area contributed by atoms with Gasteiger partial charge < -0.3 is 10.6 Å². The Balaban J connectivity index is 1.75. The molecular formula is C19H23N3O3S. The molecule has 2 heterocycles. The highest BCUT2D eigenvalue weighted by atomic mass is 32.2. The van der Waals surface area contributed by atoms with Crippen LogP contribution in [0.2, 0.25) is 0 Å². The van der Waals surface area contributed by atoms with Gasteiger partial charge in [0.05, 0.1) is 11.5 Å². The zero-order chi connectivity index (χ0) is 18.7. The SMILES string of the molecule is CCc1cccc(C)c1NC(=O)c1cc(NC2CCS(=O)(=O)C2)ccn1. The van der Waals surface area contributed by atoms with E-state index in [1.165, 1.54) is 0 Å². The average Bonchev–Trinajstić information content (AvgIpc) is 2.95. The fourth-order valence-electron chi connectivity index (χ4n) is 3.17. The zero-order valence-electron chi connectivity index (χ0n) is 15.0. The second-order valence-corrected chi connectivity index (χ2v) is 8.82. The van der Waals surface area contributed by atoms with Crippen molar-refractivity contribution in [3.05, 3.63) is 53.3 Å². The first-order valence-corrected chi connectivity index (χ1v) is 10.5. The Labute approximate surface area is 154 Å². The van der Waals surface area contributed by atoms with Crippen LogP contribution in [0.4, 0.5) is 11.4 Å². The maximum Gasteiger partial charge on any atom is 0.274 e. The summed E-state index contributed by atoms with van der Waals surface area (Å²) >= 11 is 0. The molecule has 0 aliphatic carbocycles. The Kier molecular flexibility index (Phi) is 5.27. The van der Waals surface area contributed by atoms with Gasteiger partial charge in [-0.1, -0.05) is 25.1 Å². The number of nitrogens with one attached hydrogen (secondary N) is 2. The van der Waals surface area contributed by atoms with E-state index in [0.717, 1.165) is 23.2 Å². The Morgan fingerprint density at radius 3 is 2.81 bits per heavy atom. The van der Waals surface area contributed by atoms with Crippen LogP contribution in [0.3, 0.4) is 0 Å². The van der Waals surface area contributed by atoms with Crippen LogP contribution in [0.1, 0.15) is 35.0 Å². The molecule has 1 aromatic carbocycles. The molecule has 1 aromatic heterocycles. The fraction of sp³-hybridized carbons (Fsp3) is 0.368. The molecule has 1 saturated heterocycles. The third kappa shape index (κ3) is 4.22. The van der Waals surface area contributed by atoms with E-state index >= 15 is 0 Å². The Morgan fingerprint density at radius 2 is 2.12 bits per heavy atom. The van der Waals surface area contributed by atoms with Gasteiger partial charge in [-0.3, -0.25) is 9.78 Å². The Bertz CT molecular complexity index is 925. The number of aromatic nitrogens is 1. The Morgan fingerprint density at radius 1 is 1.31 bits per heavy atom. The molecule has 1 aliphatic rings. The van der Waals surface area contributed by atoms with Gasteiger partial charge >= 0.3 is 0 Å². The largest absolute Gasteiger partial charge is 0.381 e. The van der Waals surface area contributed by atoms with Crippen molar-refractivity contribution in [3.8, 4) is 0 Å². The summed E-state index contributed by atoms with van der Waals surface area (Å²) in [7, 11) is -2.95. The molecule has 2 N–H and O–H groups in total. The number of para-hydroxylation sites is 1. The summed E-state index contributed by atoms with van der Waals surface area (Å²) in [6.45, 7) is 4.00. The number of rotatable bonds is 5. The molecule has 1 aliphatic heterocycles. The average molecular weight is 373 g/mol. The number of amides is 1. The van der Waals surface area contributed by atoms with Crippen molar-refractivity contribution >= 4 is 27.1 Å². The molecule has 2 aromatic rings. The number of carbonyl (C=O) groups excluding carboxylic acids is 1. The molecule has 0 spiro atoms. The minimum absolute atomic E-state index is 0.124. The third-order valence-electron chi connectivity index (χ3n) is 4.57. The van der Waals surface area contributed by atoms with Gasteiger partial charge in [-0.15, -0.1) is 0 Å². The summed E-state index contributed by atoms with van der Waals surface area (Å²) in [5.41, 5.74) is 3.89. The second-order valence-electron chi connectivity index (χ2n) is 6.59. The predicted octanol–water partition coefficient (Wildman–Crippen LogP) is 2.80. The highest BCUT2D eigenvalue weighted by Gasteiger charge is 2.27. The Hall–Kier alpha value is -2.41. The fourth-order valence-corrected chi connectivity index (χ4v) is 4.84. The first kappa shape index (κ1) is 18.4. The summed E-state index contributed by atoms with van der Waals surface area (Å²) in [6.07, 6.45) is 2.96. The number of hydrogen-bond donors (Lipinski definition) is 2. The van der Waals surface area contributed by atoms with Crippen LogP contribution in [-0.4, -0.2) is 36.9 Å². The van der Waals surface area contributed by atoms with Gasteiger partial charge in [0.25, 0.3) is 5.91 Å². The van der Waals surface area contributed by atoms with Gasteiger partial charge in [0, 0.05) is 23.6 Å². The first-order valence-electron chi connectivity index (χ1n) is 8.71. The summed E-state index contributed by atoms with van der Waals surface area (Å²) in [4.78, 5) is 16.8. The normalized spacial score (nSPS) is 18.5. The molecule has 26 heavy (non-hydrogen) atoms. The van der Waals surface area contributed by atoms with E-state index in [1.807, 2.05) is 32.0 Å². The lowest BCUT2D eigenvalue weighted by molar-refractivity contribution is 0.102. The van der Waals surface area contributed by atoms with E-state index in [0.29, 0.717) is 17.8 Å². The van der Waals surface area contributed by atoms with Crippen LogP contribution in [0.5, 0.6) is 0 Å². The molecule has 7 heteroatoms. The van der Waals surface area contributed by atoms with Crippen molar-refractivity contribution in [2.45, 2.75) is 32.7 Å². The topological polar surface area (TPSA) is 88.2 Å². The van der Waals surface area contributed by atoms with Crippen molar-refractivity contribution in [2.75, 3.05) is 22.1 Å². The number of hydrogen-bond acceptors (Lipinski definition) is 5. The van der Waals surface area contributed by atoms with Crippen molar-refractivity contribution in [2.24, 2.45) is 0 Å². The summed E-state index contributed by atoms with van der Waals surface area (Å²) in [6, 6.07) is 9.20. The van der Waals surface area contributed by atoms with Gasteiger partial charge in [-0.25, -0.2) is 8.42 Å². The van der Waals surface area contributed by atoms with Crippen LogP contribution in [-0.2, 0) is 16.3 Å². The third-order valence-corrected chi connectivity index (χ3v) is 6.34. The summed E-state index contributed by atoms with van der Waals surface area (Å²) in [5, 5.41) is 6.15. The highest BCUT2D eigenvalue weighted by Crippen LogP contribution is 2.22. The highest BCUT2D eigenvalue weighted by molar-refractivity contribution is 7.91. The number of sulfone groups is 1. The lowest BCUT2D eigenvalue weighted by Gasteiger charge is -2.14. The van der Waals surface area contributed by atoms with Crippen LogP contribution in [0.15, 0.2) is 36.5 Å². The van der Waals surface area contributed by atoms with Gasteiger partial charge in [0.2, 0.25) is 0 Å². The van der Waals surface area contributed by atoms with E-state index in [2.05, 4.69) is 15.6 Å². The van der Waals surface area contributed by atoms with E-state index in [4.69, 9.17) is 0 Å². The lowest BCUT2D eigenvalue weighted by atomic mass is 10.1. The minimum Gasteiger partial charge on any atom is -0.381 e. The minimum atomic E-state index is -2.95. The summed E-state index contributed by atoms with van der Waals surface area (Å²) < 4.78 is 23.2. The van der Waals surface area contributed by atoms with Crippen LogP contribution >= 0.6 is 0 Å². The van der Waals surface area contributed by atoms with Crippen molar-refractivity contribution in [3.63, 3.8) is 0 Å². The smallest absolute Gasteiger partial charge is 0.274 e. The molecule has 0 bridgehead atoms. The van der Waals surface area contributed by atoms with Crippen molar-refractivity contribution in [1.82, 2.24) is 4.98 Å². The van der Waals surface area contributed by atoms with E-state index < -0.39 is 9.84 Å². The van der Waals surface area contributed by atoms with Crippen molar-refractivity contribution < 1.29 is 13.2 Å². The number of carbonyl (C=O) groups is 1. The molecule has 3 rings (SSSR count). The number of benzene rings is 1. The van der Waals surface area contributed by atoms with Crippen molar-refractivity contribution in [1.29, 1.82) is 0 Å². The standard InChI is InChI=1S/C19H23N3O3S/c1-3-14-6-4-5-13(2)18(14)22-19(23)17-11-15(7-9-20-17)21-16-8-10-26(24,25)12-16/h4-7,9,11,16H,3,8,10,12H2,1-2H3,(H,20,21)(H,22,23). The maximum atomic E-state index is 12.6. The molecule has 1 fully saturated rings. The number of pyridine rings is 1.